The van der Waals surface area contributed by atoms with E-state index in [4.69, 9.17) is 21.1 Å². The molecule has 246 valence electrons. The summed E-state index contributed by atoms with van der Waals surface area (Å²) >= 11 is 5.96. The first kappa shape index (κ1) is 32.3. The number of fused-ring (bicyclic) bond motifs is 1. The minimum Gasteiger partial charge on any atom is -0.493 e. The van der Waals surface area contributed by atoms with Crippen molar-refractivity contribution in [2.45, 2.75) is 89.1 Å². The number of likely N-dealkylation sites (tertiary alicyclic amines) is 1. The molecule has 0 bridgehead atoms. The SMILES string of the molecule is COc1cc2ncnc(Nc3ccc(F)c(Cl)c3)c2cc1OCC(=O)N1CCC(C(=O)N(C2CCCCC2)C2CCCCC2)CC1. The number of amides is 2. The maximum absolute atomic E-state index is 14.0. The van der Waals surface area contributed by atoms with Crippen LogP contribution < -0.4 is 14.8 Å². The molecule has 0 unspecified atom stereocenters. The van der Waals surface area contributed by atoms with E-state index in [-0.39, 0.29) is 23.5 Å². The monoisotopic (exact) mass is 651 g/mol. The predicted octanol–water partition coefficient (Wildman–Crippen LogP) is 7.29. The summed E-state index contributed by atoms with van der Waals surface area (Å²) < 4.78 is 25.2. The molecule has 9 nitrogen and oxygen atoms in total. The number of piperidine rings is 1. The minimum atomic E-state index is -0.512. The zero-order chi connectivity index (χ0) is 32.0. The van der Waals surface area contributed by atoms with Gasteiger partial charge in [-0.15, -0.1) is 0 Å². The van der Waals surface area contributed by atoms with Crippen molar-refractivity contribution < 1.29 is 23.5 Å². The summed E-state index contributed by atoms with van der Waals surface area (Å²) in [7, 11) is 1.53. The molecule has 2 heterocycles. The third-order valence-electron chi connectivity index (χ3n) is 9.84. The van der Waals surface area contributed by atoms with Crippen molar-refractivity contribution in [1.29, 1.82) is 0 Å². The van der Waals surface area contributed by atoms with E-state index in [1.807, 2.05) is 0 Å². The highest BCUT2D eigenvalue weighted by Crippen LogP contribution is 2.36. The van der Waals surface area contributed by atoms with E-state index in [0.717, 1.165) is 25.7 Å². The fourth-order valence-electron chi connectivity index (χ4n) is 7.34. The Morgan fingerprint density at radius 1 is 0.935 bits per heavy atom. The second-order valence-electron chi connectivity index (χ2n) is 12.8. The molecule has 1 aromatic heterocycles. The summed E-state index contributed by atoms with van der Waals surface area (Å²) in [5, 5.41) is 3.78. The molecular weight excluding hydrogens is 609 g/mol. The Morgan fingerprint density at radius 3 is 2.24 bits per heavy atom. The van der Waals surface area contributed by atoms with E-state index in [9.17, 15) is 14.0 Å². The van der Waals surface area contributed by atoms with Crippen LogP contribution in [0.25, 0.3) is 10.9 Å². The van der Waals surface area contributed by atoms with Gasteiger partial charge in [-0.25, -0.2) is 14.4 Å². The molecule has 0 spiro atoms. The third kappa shape index (κ3) is 7.32. The predicted molar refractivity (Wildman–Crippen MR) is 176 cm³/mol. The normalized spacial score (nSPS) is 18.4. The van der Waals surface area contributed by atoms with Crippen LogP contribution in [-0.2, 0) is 9.59 Å². The first-order chi connectivity index (χ1) is 22.4. The van der Waals surface area contributed by atoms with Gasteiger partial charge in [-0.05, 0) is 62.8 Å². The Hall–Kier alpha value is -3.66. The fraction of sp³-hybridized carbons (Fsp3) is 0.543. The third-order valence-corrected chi connectivity index (χ3v) is 10.1. The summed E-state index contributed by atoms with van der Waals surface area (Å²) in [5.41, 5.74) is 1.16. The lowest BCUT2D eigenvalue weighted by Gasteiger charge is -2.44. The molecule has 2 amide bonds. The lowest BCUT2D eigenvalue weighted by atomic mass is 9.86. The van der Waals surface area contributed by atoms with Crippen molar-refractivity contribution >= 4 is 45.8 Å². The van der Waals surface area contributed by atoms with Gasteiger partial charge in [0.25, 0.3) is 5.91 Å². The molecule has 1 saturated heterocycles. The number of halogens is 2. The topological polar surface area (TPSA) is 96.9 Å². The summed E-state index contributed by atoms with van der Waals surface area (Å²) in [6.07, 6.45) is 14.7. The van der Waals surface area contributed by atoms with Gasteiger partial charge in [0.2, 0.25) is 5.91 Å². The average Bonchev–Trinajstić information content (AvgIpc) is 3.09. The number of ether oxygens (including phenoxy) is 2. The van der Waals surface area contributed by atoms with Crippen molar-refractivity contribution in [2.75, 3.05) is 32.1 Å². The Labute approximate surface area is 274 Å². The maximum atomic E-state index is 14.0. The number of nitrogens with zero attached hydrogens (tertiary/aromatic N) is 4. The van der Waals surface area contributed by atoms with E-state index < -0.39 is 5.82 Å². The Bertz CT molecular complexity index is 1520. The average molecular weight is 652 g/mol. The molecule has 2 saturated carbocycles. The number of rotatable bonds is 9. The lowest BCUT2D eigenvalue weighted by molar-refractivity contribution is -0.146. The van der Waals surface area contributed by atoms with Crippen molar-refractivity contribution in [2.24, 2.45) is 5.92 Å². The number of benzene rings is 2. The molecule has 1 aliphatic heterocycles. The fourth-order valence-corrected chi connectivity index (χ4v) is 7.52. The number of carbonyl (C=O) groups is 2. The molecule has 0 radical (unpaired) electrons. The van der Waals surface area contributed by atoms with Crippen molar-refractivity contribution in [3.05, 3.63) is 47.5 Å². The van der Waals surface area contributed by atoms with Gasteiger partial charge in [0.05, 0.1) is 17.6 Å². The van der Waals surface area contributed by atoms with E-state index in [1.54, 1.807) is 23.1 Å². The summed E-state index contributed by atoms with van der Waals surface area (Å²) in [6, 6.07) is 8.53. The summed E-state index contributed by atoms with van der Waals surface area (Å²) in [5.74, 6) is 0.917. The number of methoxy groups -OCH3 is 1. The van der Waals surface area contributed by atoms with Crippen LogP contribution in [0, 0.1) is 11.7 Å². The van der Waals surface area contributed by atoms with Crippen LogP contribution in [0.2, 0.25) is 5.02 Å². The smallest absolute Gasteiger partial charge is 0.260 e. The number of anilines is 2. The first-order valence-corrected chi connectivity index (χ1v) is 17.1. The van der Waals surface area contributed by atoms with E-state index in [0.29, 0.717) is 77.8 Å². The van der Waals surface area contributed by atoms with Crippen LogP contribution in [-0.4, -0.2) is 70.5 Å². The molecule has 2 aromatic carbocycles. The van der Waals surface area contributed by atoms with E-state index >= 15 is 0 Å². The van der Waals surface area contributed by atoms with E-state index in [2.05, 4.69) is 20.2 Å². The Balaban J connectivity index is 1.09. The quantitative estimate of drug-likeness (QED) is 0.260. The highest BCUT2D eigenvalue weighted by atomic mass is 35.5. The van der Waals surface area contributed by atoms with Gasteiger partial charge < -0.3 is 24.6 Å². The van der Waals surface area contributed by atoms with Crippen molar-refractivity contribution in [3.8, 4) is 11.5 Å². The molecule has 11 heteroatoms. The van der Waals surface area contributed by atoms with Gasteiger partial charge in [0.1, 0.15) is 18.0 Å². The number of carbonyl (C=O) groups excluding carboxylic acids is 2. The number of hydrogen-bond acceptors (Lipinski definition) is 7. The van der Waals surface area contributed by atoms with Gasteiger partial charge >= 0.3 is 0 Å². The number of nitrogens with one attached hydrogen (secondary N) is 1. The molecule has 46 heavy (non-hydrogen) atoms. The van der Waals surface area contributed by atoms with Gasteiger partial charge in [-0.1, -0.05) is 50.1 Å². The van der Waals surface area contributed by atoms with Gasteiger partial charge in [-0.2, -0.15) is 0 Å². The summed E-state index contributed by atoms with van der Waals surface area (Å²) in [6.45, 7) is 0.915. The number of hydrogen-bond donors (Lipinski definition) is 1. The molecule has 3 aliphatic rings. The van der Waals surface area contributed by atoms with Crippen LogP contribution >= 0.6 is 11.6 Å². The summed E-state index contributed by atoms with van der Waals surface area (Å²) in [4.78, 5) is 40.1. The van der Waals surface area contributed by atoms with Crippen molar-refractivity contribution in [1.82, 2.24) is 19.8 Å². The molecular formula is C35H43ClFN5O4. The van der Waals surface area contributed by atoms with Crippen molar-refractivity contribution in [3.63, 3.8) is 0 Å². The second kappa shape index (κ2) is 14.8. The highest BCUT2D eigenvalue weighted by molar-refractivity contribution is 6.31. The first-order valence-electron chi connectivity index (χ1n) is 16.7. The minimum absolute atomic E-state index is 0.00765. The second-order valence-corrected chi connectivity index (χ2v) is 13.2. The molecule has 0 atom stereocenters. The van der Waals surface area contributed by atoms with E-state index in [1.165, 1.54) is 64.1 Å². The van der Waals surface area contributed by atoms with Crippen LogP contribution in [0.1, 0.15) is 77.0 Å². The Kier molecular flexibility index (Phi) is 10.4. The van der Waals surface area contributed by atoms with Gasteiger partial charge in [0, 0.05) is 48.2 Å². The van der Waals surface area contributed by atoms with Crippen LogP contribution in [0.5, 0.6) is 11.5 Å². The standard InChI is InChI=1S/C35H43ClFN5O4/c1-45-31-20-30-27(34(39-22-38-30)40-24-12-13-29(37)28(36)18-24)19-32(31)46-21-33(43)41-16-14-23(15-17-41)35(44)42(25-8-4-2-5-9-25)26-10-6-3-7-11-26/h12-13,18-20,22-23,25-26H,2-11,14-17,21H2,1H3,(H,38,39,40). The number of aromatic nitrogens is 2. The zero-order valence-electron chi connectivity index (χ0n) is 26.5. The molecule has 3 aromatic rings. The van der Waals surface area contributed by atoms with Gasteiger partial charge in [-0.3, -0.25) is 9.59 Å². The molecule has 6 rings (SSSR count). The lowest BCUT2D eigenvalue weighted by Crippen LogP contribution is -2.53. The molecule has 3 fully saturated rings. The maximum Gasteiger partial charge on any atom is 0.260 e. The van der Waals surface area contributed by atoms with Crippen LogP contribution in [0.15, 0.2) is 36.7 Å². The van der Waals surface area contributed by atoms with Crippen LogP contribution in [0.3, 0.4) is 0 Å². The largest absolute Gasteiger partial charge is 0.493 e. The molecule has 2 aliphatic carbocycles. The molecule has 1 N–H and O–H groups in total. The van der Waals surface area contributed by atoms with Gasteiger partial charge in [0.15, 0.2) is 18.1 Å². The highest BCUT2D eigenvalue weighted by Gasteiger charge is 2.37. The van der Waals surface area contributed by atoms with Crippen LogP contribution in [0.4, 0.5) is 15.9 Å². The Morgan fingerprint density at radius 2 is 1.61 bits per heavy atom. The zero-order valence-corrected chi connectivity index (χ0v) is 27.2.